The van der Waals surface area contributed by atoms with Gasteiger partial charge in [0.05, 0.1) is 5.69 Å². The molecule has 4 nitrogen and oxygen atoms in total. The molecule has 118 valence electrons. The van der Waals surface area contributed by atoms with E-state index in [4.69, 9.17) is 0 Å². The monoisotopic (exact) mass is 306 g/mol. The maximum absolute atomic E-state index is 4.30. The summed E-state index contributed by atoms with van der Waals surface area (Å²) in [6.07, 6.45) is 7.85. The second-order valence-electron chi connectivity index (χ2n) is 5.57. The number of fused-ring (bicyclic) bond motifs is 1. The second kappa shape index (κ2) is 8.25. The van der Waals surface area contributed by atoms with Gasteiger partial charge in [0.15, 0.2) is 0 Å². The molecular weight excluding hydrogens is 284 g/mol. The molecule has 0 bridgehead atoms. The first-order chi connectivity index (χ1) is 11.4. The first-order valence-electron chi connectivity index (χ1n) is 8.10. The second-order valence-corrected chi connectivity index (χ2v) is 5.57. The Morgan fingerprint density at radius 2 is 1.83 bits per heavy atom. The number of nitrogens with zero attached hydrogens (tertiary/aromatic N) is 2. The number of rotatable bonds is 8. The molecule has 2 N–H and O–H groups in total. The van der Waals surface area contributed by atoms with Crippen molar-refractivity contribution < 1.29 is 0 Å². The summed E-state index contributed by atoms with van der Waals surface area (Å²) in [6, 6.07) is 14.5. The number of anilines is 1. The Hall–Kier alpha value is -2.46. The van der Waals surface area contributed by atoms with E-state index in [0.29, 0.717) is 0 Å². The molecule has 3 aromatic rings. The summed E-state index contributed by atoms with van der Waals surface area (Å²) in [4.78, 5) is 8.47. The average Bonchev–Trinajstić information content (AvgIpc) is 2.61. The summed E-state index contributed by atoms with van der Waals surface area (Å²) in [6.45, 7) is 2.84. The van der Waals surface area contributed by atoms with Crippen LogP contribution in [0.2, 0.25) is 0 Å². The van der Waals surface area contributed by atoms with Gasteiger partial charge in [0.1, 0.15) is 0 Å². The normalized spacial score (nSPS) is 10.8. The highest BCUT2D eigenvalue weighted by Gasteiger charge is 1.96. The molecule has 3 rings (SSSR count). The SMILES string of the molecule is c1ccc(CNCCCCNc2ccc3ccncc3c2)nc1. The molecular formula is C19H22N4. The minimum Gasteiger partial charge on any atom is -0.385 e. The molecule has 2 heterocycles. The third-order valence-corrected chi connectivity index (χ3v) is 3.78. The largest absolute Gasteiger partial charge is 0.385 e. The van der Waals surface area contributed by atoms with Crippen LogP contribution in [0.5, 0.6) is 0 Å². The summed E-state index contributed by atoms with van der Waals surface area (Å²) in [5, 5.41) is 9.31. The number of aromatic nitrogens is 2. The van der Waals surface area contributed by atoms with Crippen molar-refractivity contribution in [1.29, 1.82) is 0 Å². The van der Waals surface area contributed by atoms with E-state index in [1.807, 2.05) is 42.9 Å². The number of hydrogen-bond donors (Lipinski definition) is 2. The van der Waals surface area contributed by atoms with Gasteiger partial charge in [0, 0.05) is 42.8 Å². The molecule has 4 heteroatoms. The minimum absolute atomic E-state index is 0.839. The minimum atomic E-state index is 0.839. The fourth-order valence-corrected chi connectivity index (χ4v) is 2.52. The smallest absolute Gasteiger partial charge is 0.0541 e. The van der Waals surface area contributed by atoms with E-state index >= 15 is 0 Å². The van der Waals surface area contributed by atoms with Gasteiger partial charge in [-0.15, -0.1) is 0 Å². The standard InChI is InChI=1S/C19H22N4/c1-2-10-23-19(5-1)15-20-9-3-4-11-22-18-7-6-16-8-12-21-14-17(16)13-18/h1-2,5-8,10,12-14,20,22H,3-4,9,11,15H2. The summed E-state index contributed by atoms with van der Waals surface area (Å²) in [5.41, 5.74) is 2.25. The van der Waals surface area contributed by atoms with Crippen LogP contribution in [0.1, 0.15) is 18.5 Å². The molecule has 1 aromatic carbocycles. The molecule has 0 radical (unpaired) electrons. The van der Waals surface area contributed by atoms with Gasteiger partial charge in [0.25, 0.3) is 0 Å². The predicted octanol–water partition coefficient (Wildman–Crippen LogP) is 3.61. The fraction of sp³-hybridized carbons (Fsp3) is 0.263. The number of pyridine rings is 2. The maximum Gasteiger partial charge on any atom is 0.0541 e. The van der Waals surface area contributed by atoms with Gasteiger partial charge in [-0.3, -0.25) is 9.97 Å². The molecule has 0 aliphatic heterocycles. The zero-order valence-corrected chi connectivity index (χ0v) is 13.2. The molecule has 0 amide bonds. The Morgan fingerprint density at radius 1 is 0.870 bits per heavy atom. The molecule has 0 spiro atoms. The average molecular weight is 306 g/mol. The van der Waals surface area contributed by atoms with E-state index in [1.54, 1.807) is 0 Å². The number of unbranched alkanes of at least 4 members (excludes halogenated alkanes) is 1. The molecule has 0 atom stereocenters. The van der Waals surface area contributed by atoms with E-state index < -0.39 is 0 Å². The van der Waals surface area contributed by atoms with Gasteiger partial charge < -0.3 is 10.6 Å². The lowest BCUT2D eigenvalue weighted by atomic mass is 10.1. The van der Waals surface area contributed by atoms with Crippen LogP contribution >= 0.6 is 0 Å². The van der Waals surface area contributed by atoms with E-state index in [-0.39, 0.29) is 0 Å². The maximum atomic E-state index is 4.30. The first kappa shape index (κ1) is 15.4. The van der Waals surface area contributed by atoms with Gasteiger partial charge in [-0.2, -0.15) is 0 Å². The molecule has 0 aliphatic rings. The highest BCUT2D eigenvalue weighted by Crippen LogP contribution is 2.17. The van der Waals surface area contributed by atoms with Crippen molar-refractivity contribution >= 4 is 16.5 Å². The van der Waals surface area contributed by atoms with Crippen molar-refractivity contribution in [3.05, 3.63) is 66.7 Å². The van der Waals surface area contributed by atoms with E-state index in [0.717, 1.165) is 43.9 Å². The lowest BCUT2D eigenvalue weighted by molar-refractivity contribution is 0.626. The first-order valence-corrected chi connectivity index (χ1v) is 8.10. The quantitative estimate of drug-likeness (QED) is 0.624. The number of hydrogen-bond acceptors (Lipinski definition) is 4. The highest BCUT2D eigenvalue weighted by atomic mass is 14.9. The Morgan fingerprint density at radius 3 is 2.74 bits per heavy atom. The van der Waals surface area contributed by atoms with Crippen LogP contribution in [-0.2, 0) is 6.54 Å². The van der Waals surface area contributed by atoms with Crippen molar-refractivity contribution in [3.63, 3.8) is 0 Å². The molecule has 0 fully saturated rings. The van der Waals surface area contributed by atoms with Gasteiger partial charge in [-0.05, 0) is 55.1 Å². The van der Waals surface area contributed by atoms with Crippen molar-refractivity contribution in [2.75, 3.05) is 18.4 Å². The van der Waals surface area contributed by atoms with Crippen molar-refractivity contribution in [2.24, 2.45) is 0 Å². The van der Waals surface area contributed by atoms with Crippen molar-refractivity contribution in [2.45, 2.75) is 19.4 Å². The molecule has 0 aliphatic carbocycles. The van der Waals surface area contributed by atoms with Crippen LogP contribution in [0.15, 0.2) is 61.1 Å². The topological polar surface area (TPSA) is 49.8 Å². The number of nitrogens with one attached hydrogen (secondary N) is 2. The number of benzene rings is 1. The van der Waals surface area contributed by atoms with Crippen molar-refractivity contribution in [1.82, 2.24) is 15.3 Å². The Kier molecular flexibility index (Phi) is 5.53. The molecule has 2 aromatic heterocycles. The Balaban J connectivity index is 1.33. The predicted molar refractivity (Wildman–Crippen MR) is 95.4 cm³/mol. The van der Waals surface area contributed by atoms with E-state index in [2.05, 4.69) is 38.8 Å². The third-order valence-electron chi connectivity index (χ3n) is 3.78. The van der Waals surface area contributed by atoms with Gasteiger partial charge in [-0.1, -0.05) is 12.1 Å². The summed E-state index contributed by atoms with van der Waals surface area (Å²) in [5.74, 6) is 0. The Labute approximate surface area is 137 Å². The Bertz CT molecular complexity index is 728. The third kappa shape index (κ3) is 4.76. The molecule has 23 heavy (non-hydrogen) atoms. The summed E-state index contributed by atoms with van der Waals surface area (Å²) >= 11 is 0. The van der Waals surface area contributed by atoms with Crippen LogP contribution in [0, 0.1) is 0 Å². The van der Waals surface area contributed by atoms with Crippen molar-refractivity contribution in [3.8, 4) is 0 Å². The molecule has 0 saturated heterocycles. The zero-order valence-electron chi connectivity index (χ0n) is 13.2. The van der Waals surface area contributed by atoms with Crippen LogP contribution in [0.4, 0.5) is 5.69 Å². The molecule has 0 saturated carbocycles. The van der Waals surface area contributed by atoms with E-state index in [9.17, 15) is 0 Å². The van der Waals surface area contributed by atoms with Gasteiger partial charge >= 0.3 is 0 Å². The van der Waals surface area contributed by atoms with Crippen LogP contribution < -0.4 is 10.6 Å². The highest BCUT2D eigenvalue weighted by molar-refractivity contribution is 5.84. The van der Waals surface area contributed by atoms with Crippen LogP contribution in [0.25, 0.3) is 10.8 Å². The van der Waals surface area contributed by atoms with Crippen LogP contribution in [0.3, 0.4) is 0 Å². The van der Waals surface area contributed by atoms with Gasteiger partial charge in [0.2, 0.25) is 0 Å². The molecule has 0 unspecified atom stereocenters. The fourth-order valence-electron chi connectivity index (χ4n) is 2.52. The van der Waals surface area contributed by atoms with Crippen LogP contribution in [-0.4, -0.2) is 23.1 Å². The summed E-state index contributed by atoms with van der Waals surface area (Å²) < 4.78 is 0. The lowest BCUT2D eigenvalue weighted by Crippen LogP contribution is -2.16. The summed E-state index contributed by atoms with van der Waals surface area (Å²) in [7, 11) is 0. The lowest BCUT2D eigenvalue weighted by Gasteiger charge is -2.08. The van der Waals surface area contributed by atoms with Gasteiger partial charge in [-0.25, -0.2) is 0 Å². The van der Waals surface area contributed by atoms with E-state index in [1.165, 1.54) is 10.8 Å². The zero-order chi connectivity index (χ0) is 15.7.